The zero-order valence-electron chi connectivity index (χ0n) is 24.5. The summed E-state index contributed by atoms with van der Waals surface area (Å²) in [6, 6.07) is 0. The maximum Gasteiger partial charge on any atom is 0.364 e. The third-order valence-corrected chi connectivity index (χ3v) is 4.75. The molecule has 0 radical (unpaired) electrons. The lowest BCUT2D eigenvalue weighted by Crippen LogP contribution is -2.31. The molecule has 0 aromatic heterocycles. The van der Waals surface area contributed by atoms with E-state index in [1.54, 1.807) is 55.4 Å². The van der Waals surface area contributed by atoms with Gasteiger partial charge in [0, 0.05) is 13.1 Å². The highest BCUT2D eigenvalue weighted by atomic mass is 16.6. The number of ether oxygens (including phenoxy) is 4. The van der Waals surface area contributed by atoms with Crippen molar-refractivity contribution in [1.82, 2.24) is 0 Å². The van der Waals surface area contributed by atoms with Crippen molar-refractivity contribution in [2.45, 2.75) is 131 Å². The first-order chi connectivity index (χ1) is 17.8. The predicted octanol–water partition coefficient (Wildman–Crippen LogP) is 4.80. The maximum absolute atomic E-state index is 12.2. The van der Waals surface area contributed by atoms with Crippen LogP contribution >= 0.6 is 0 Å². The highest BCUT2D eigenvalue weighted by Crippen LogP contribution is 2.10. The summed E-state index contributed by atoms with van der Waals surface area (Å²) in [6.07, 6.45) is 6.10. The molecule has 0 spiro atoms. The number of carbonyl (C=O) groups is 4. The van der Waals surface area contributed by atoms with Crippen LogP contribution in [0.4, 0.5) is 0 Å². The number of hydrogen-bond donors (Lipinski definition) is 0. The van der Waals surface area contributed by atoms with E-state index in [0.717, 1.165) is 51.4 Å². The van der Waals surface area contributed by atoms with Gasteiger partial charge >= 0.3 is 23.9 Å². The van der Waals surface area contributed by atoms with Crippen LogP contribution in [0.1, 0.15) is 107 Å². The van der Waals surface area contributed by atoms with E-state index in [1.165, 1.54) is 0 Å². The van der Waals surface area contributed by atoms with Gasteiger partial charge in [-0.2, -0.15) is 0 Å². The minimum absolute atomic E-state index is 0.284. The second kappa shape index (κ2) is 20.2. The molecule has 0 aliphatic heterocycles. The Morgan fingerprint density at radius 3 is 0.842 bits per heavy atom. The van der Waals surface area contributed by atoms with E-state index in [9.17, 15) is 19.2 Å². The first-order valence-electron chi connectivity index (χ1n) is 13.8. The standard InChI is InChI=1S/C28H48N2O8/c1-19(2)35-25(31)23(26(32)36-20(3)4)29-17-15-13-11-9-10-12-14-16-18-30-24(27(33)37-21(5)6)28(34)38-22(7)8/h19-22H,9-18H2,1-8H3. The molecule has 0 atom stereocenters. The SMILES string of the molecule is CC(C)OC(=O)C(=NCCCCCCCCCCN=C(C(=O)OC(C)C)C(=O)OC(C)C)C(=O)OC(C)C. The molecule has 0 aromatic carbocycles. The Hall–Kier alpha value is -2.78. The average Bonchev–Trinajstić information content (AvgIpc) is 2.77. The number of hydrogen-bond acceptors (Lipinski definition) is 10. The zero-order valence-corrected chi connectivity index (χ0v) is 24.5. The number of unbranched alkanes of at least 4 members (excludes halogenated alkanes) is 7. The zero-order chi connectivity index (χ0) is 29.1. The molecule has 0 aliphatic carbocycles. The molecule has 0 unspecified atom stereocenters. The smallest absolute Gasteiger partial charge is 0.364 e. The second-order valence-corrected chi connectivity index (χ2v) is 10.1. The van der Waals surface area contributed by atoms with Crippen molar-refractivity contribution in [3.63, 3.8) is 0 Å². The third-order valence-electron chi connectivity index (χ3n) is 4.75. The van der Waals surface area contributed by atoms with Crippen molar-refractivity contribution >= 4 is 35.3 Å². The first kappa shape index (κ1) is 35.2. The number of rotatable bonds is 19. The molecule has 0 fully saturated rings. The van der Waals surface area contributed by atoms with Gasteiger partial charge in [-0.3, -0.25) is 9.98 Å². The number of esters is 4. The van der Waals surface area contributed by atoms with E-state index in [4.69, 9.17) is 18.9 Å². The summed E-state index contributed by atoms with van der Waals surface area (Å²) >= 11 is 0. The number of nitrogens with zero attached hydrogens (tertiary/aromatic N) is 2. The van der Waals surface area contributed by atoms with Crippen LogP contribution in [0.3, 0.4) is 0 Å². The van der Waals surface area contributed by atoms with Crippen molar-refractivity contribution in [3.05, 3.63) is 0 Å². The van der Waals surface area contributed by atoms with E-state index < -0.39 is 23.9 Å². The quantitative estimate of drug-likeness (QED) is 0.0751. The molecular weight excluding hydrogens is 492 g/mol. The molecule has 0 saturated heterocycles. The maximum atomic E-state index is 12.2. The minimum atomic E-state index is -0.754. The molecule has 38 heavy (non-hydrogen) atoms. The van der Waals surface area contributed by atoms with Crippen LogP contribution in [-0.4, -0.2) is 72.8 Å². The highest BCUT2D eigenvalue weighted by molar-refractivity contribution is 6.63. The van der Waals surface area contributed by atoms with Crippen molar-refractivity contribution in [2.24, 2.45) is 9.98 Å². The van der Waals surface area contributed by atoms with Crippen LogP contribution in [0.5, 0.6) is 0 Å². The van der Waals surface area contributed by atoms with E-state index in [0.29, 0.717) is 13.1 Å². The lowest BCUT2D eigenvalue weighted by atomic mass is 10.1. The van der Waals surface area contributed by atoms with E-state index in [-0.39, 0.29) is 35.8 Å². The molecule has 218 valence electrons. The normalized spacial score (nSPS) is 10.9. The molecule has 0 saturated carbocycles. The van der Waals surface area contributed by atoms with Gasteiger partial charge in [-0.05, 0) is 68.2 Å². The van der Waals surface area contributed by atoms with E-state index in [1.807, 2.05) is 0 Å². The Bertz CT molecular complexity index is 687. The summed E-state index contributed by atoms with van der Waals surface area (Å²) in [5.41, 5.74) is -0.568. The Labute approximate surface area is 227 Å². The fourth-order valence-corrected chi connectivity index (χ4v) is 3.17. The van der Waals surface area contributed by atoms with Crippen LogP contribution in [-0.2, 0) is 38.1 Å². The van der Waals surface area contributed by atoms with Crippen molar-refractivity contribution in [1.29, 1.82) is 0 Å². The molecule has 0 N–H and O–H groups in total. The third kappa shape index (κ3) is 17.6. The Kier molecular flexibility index (Phi) is 18.7. The molecular formula is C28H48N2O8. The molecule has 0 bridgehead atoms. The van der Waals surface area contributed by atoms with Crippen LogP contribution in [0.25, 0.3) is 0 Å². The first-order valence-corrected chi connectivity index (χ1v) is 13.8. The van der Waals surface area contributed by atoms with Gasteiger partial charge in [-0.1, -0.05) is 38.5 Å². The molecule has 0 aromatic rings. The summed E-state index contributed by atoms with van der Waals surface area (Å²) in [5.74, 6) is -3.02. The molecule has 0 heterocycles. The van der Waals surface area contributed by atoms with Crippen molar-refractivity contribution in [2.75, 3.05) is 13.1 Å². The fraction of sp³-hybridized carbons (Fsp3) is 0.786. The number of carbonyl (C=O) groups excluding carboxylic acids is 4. The second-order valence-electron chi connectivity index (χ2n) is 10.1. The van der Waals surface area contributed by atoms with Crippen LogP contribution < -0.4 is 0 Å². The fourth-order valence-electron chi connectivity index (χ4n) is 3.17. The lowest BCUT2D eigenvalue weighted by molar-refractivity contribution is -0.146. The lowest BCUT2D eigenvalue weighted by Gasteiger charge is -2.12. The summed E-state index contributed by atoms with van der Waals surface area (Å²) in [5, 5.41) is 0. The van der Waals surface area contributed by atoms with Gasteiger partial charge in [-0.15, -0.1) is 0 Å². The Balaban J connectivity index is 4.35. The predicted molar refractivity (Wildman–Crippen MR) is 146 cm³/mol. The molecule has 10 nitrogen and oxygen atoms in total. The largest absolute Gasteiger partial charge is 0.458 e. The molecule has 0 rings (SSSR count). The summed E-state index contributed by atoms with van der Waals surface area (Å²) < 4.78 is 20.4. The van der Waals surface area contributed by atoms with E-state index in [2.05, 4.69) is 9.98 Å². The highest BCUT2D eigenvalue weighted by Gasteiger charge is 2.26. The van der Waals surface area contributed by atoms with Crippen molar-refractivity contribution in [3.8, 4) is 0 Å². The van der Waals surface area contributed by atoms with Gasteiger partial charge in [0.05, 0.1) is 24.4 Å². The summed E-state index contributed by atoms with van der Waals surface area (Å²) in [7, 11) is 0. The topological polar surface area (TPSA) is 130 Å². The van der Waals surface area contributed by atoms with Crippen LogP contribution in [0.15, 0.2) is 9.98 Å². The van der Waals surface area contributed by atoms with Crippen LogP contribution in [0.2, 0.25) is 0 Å². The molecule has 0 amide bonds. The van der Waals surface area contributed by atoms with Gasteiger partial charge < -0.3 is 18.9 Å². The molecule has 0 aliphatic rings. The minimum Gasteiger partial charge on any atom is -0.458 e. The van der Waals surface area contributed by atoms with Gasteiger partial charge in [0.2, 0.25) is 11.4 Å². The monoisotopic (exact) mass is 540 g/mol. The van der Waals surface area contributed by atoms with Gasteiger partial charge in [0.25, 0.3) is 0 Å². The van der Waals surface area contributed by atoms with Gasteiger partial charge in [0.1, 0.15) is 0 Å². The Morgan fingerprint density at radius 1 is 0.421 bits per heavy atom. The summed E-state index contributed by atoms with van der Waals surface area (Å²) in [6.45, 7) is 14.4. The molecule has 10 heteroatoms. The number of aliphatic imine (C=N–C) groups is 2. The van der Waals surface area contributed by atoms with Crippen LogP contribution in [0, 0.1) is 0 Å². The van der Waals surface area contributed by atoms with Crippen molar-refractivity contribution < 1.29 is 38.1 Å². The average molecular weight is 541 g/mol. The van der Waals surface area contributed by atoms with Gasteiger partial charge in [-0.25, -0.2) is 19.2 Å². The van der Waals surface area contributed by atoms with E-state index >= 15 is 0 Å². The summed E-state index contributed by atoms with van der Waals surface area (Å²) in [4.78, 5) is 57.0. The van der Waals surface area contributed by atoms with Gasteiger partial charge in [0.15, 0.2) is 0 Å². The Morgan fingerprint density at radius 2 is 0.632 bits per heavy atom.